The van der Waals surface area contributed by atoms with Gasteiger partial charge in [0.25, 0.3) is 5.91 Å². The fourth-order valence-electron chi connectivity index (χ4n) is 1.89. The Bertz CT molecular complexity index is 831. The first-order valence-electron chi connectivity index (χ1n) is 6.88. The number of nitrogens with one attached hydrogen (secondary N) is 2. The maximum atomic E-state index is 13.5. The molecule has 2 amide bonds. The van der Waals surface area contributed by atoms with Gasteiger partial charge in [0.2, 0.25) is 5.91 Å². The summed E-state index contributed by atoms with van der Waals surface area (Å²) in [5, 5.41) is 4.38. The average molecular weight is 417 g/mol. The summed E-state index contributed by atoms with van der Waals surface area (Å²) in [5.41, 5.74) is -0.259. The SMILES string of the molecule is COc1ccc(C(=O)NCC(=O)Nc2ccc(F)c(F)c2F)cc1Br. The molecule has 9 heteroatoms. The Kier molecular flexibility index (Phi) is 6.02. The van der Waals surface area contributed by atoms with Crippen molar-refractivity contribution in [3.05, 3.63) is 57.8 Å². The van der Waals surface area contributed by atoms with Crippen LogP contribution < -0.4 is 15.4 Å². The number of ether oxygens (including phenoxy) is 1. The number of halogens is 4. The number of amides is 2. The number of methoxy groups -OCH3 is 1. The maximum Gasteiger partial charge on any atom is 0.251 e. The first-order valence-corrected chi connectivity index (χ1v) is 7.68. The van der Waals surface area contributed by atoms with Crippen molar-refractivity contribution in [2.45, 2.75) is 0 Å². The summed E-state index contributed by atoms with van der Waals surface area (Å²) in [7, 11) is 1.47. The number of hydrogen-bond acceptors (Lipinski definition) is 3. The fraction of sp³-hybridized carbons (Fsp3) is 0.125. The van der Waals surface area contributed by atoms with Gasteiger partial charge in [-0.15, -0.1) is 0 Å². The molecule has 5 nitrogen and oxygen atoms in total. The molecule has 2 aromatic rings. The Morgan fingerprint density at radius 3 is 2.48 bits per heavy atom. The van der Waals surface area contributed by atoms with Crippen LogP contribution in [0.15, 0.2) is 34.8 Å². The number of benzene rings is 2. The van der Waals surface area contributed by atoms with E-state index in [-0.39, 0.29) is 5.56 Å². The lowest BCUT2D eigenvalue weighted by Gasteiger charge is -2.09. The largest absolute Gasteiger partial charge is 0.496 e. The van der Waals surface area contributed by atoms with Crippen molar-refractivity contribution in [3.63, 3.8) is 0 Å². The van der Waals surface area contributed by atoms with Gasteiger partial charge in [0, 0.05) is 5.56 Å². The molecule has 0 radical (unpaired) electrons. The highest BCUT2D eigenvalue weighted by Crippen LogP contribution is 2.25. The number of carbonyl (C=O) groups excluding carboxylic acids is 2. The first kappa shape index (κ1) is 18.8. The standard InChI is InChI=1S/C16H12BrF3N2O3/c1-25-12-5-2-8(6-9(12)17)16(24)21-7-13(23)22-11-4-3-10(18)14(19)15(11)20/h2-6H,7H2,1H3,(H,21,24)(H,22,23). The van der Waals surface area contributed by atoms with Gasteiger partial charge in [0.15, 0.2) is 17.5 Å². The second-order valence-electron chi connectivity index (χ2n) is 4.80. The zero-order valence-electron chi connectivity index (χ0n) is 12.8. The Balaban J connectivity index is 1.97. The second-order valence-corrected chi connectivity index (χ2v) is 5.66. The van der Waals surface area contributed by atoms with Crippen molar-refractivity contribution in [2.24, 2.45) is 0 Å². The van der Waals surface area contributed by atoms with Crippen LogP contribution in [0.3, 0.4) is 0 Å². The van der Waals surface area contributed by atoms with Gasteiger partial charge >= 0.3 is 0 Å². The molecule has 0 unspecified atom stereocenters. The van der Waals surface area contributed by atoms with Crippen LogP contribution in [0.5, 0.6) is 5.75 Å². The van der Waals surface area contributed by atoms with Crippen LogP contribution >= 0.6 is 15.9 Å². The van der Waals surface area contributed by atoms with Crippen molar-refractivity contribution in [2.75, 3.05) is 19.0 Å². The van der Waals surface area contributed by atoms with E-state index < -0.39 is 41.5 Å². The van der Waals surface area contributed by atoms with Crippen LogP contribution in [-0.2, 0) is 4.79 Å². The summed E-state index contributed by atoms with van der Waals surface area (Å²) >= 11 is 3.23. The fourth-order valence-corrected chi connectivity index (χ4v) is 2.43. The summed E-state index contributed by atoms with van der Waals surface area (Å²) in [4.78, 5) is 23.7. The van der Waals surface area contributed by atoms with Crippen LogP contribution in [0.25, 0.3) is 0 Å². The third-order valence-corrected chi connectivity index (χ3v) is 3.75. The van der Waals surface area contributed by atoms with Gasteiger partial charge in [-0.3, -0.25) is 9.59 Å². The molecule has 0 atom stereocenters. The number of rotatable bonds is 5. The van der Waals surface area contributed by atoms with E-state index in [4.69, 9.17) is 4.74 Å². The lowest BCUT2D eigenvalue weighted by molar-refractivity contribution is -0.115. The minimum atomic E-state index is -1.69. The summed E-state index contributed by atoms with van der Waals surface area (Å²) in [5.74, 6) is -5.39. The van der Waals surface area contributed by atoms with E-state index in [2.05, 4.69) is 26.6 Å². The molecule has 0 spiro atoms. The minimum absolute atomic E-state index is 0.263. The molecule has 2 N–H and O–H groups in total. The number of anilines is 1. The third kappa shape index (κ3) is 4.50. The molecule has 132 valence electrons. The van der Waals surface area contributed by atoms with E-state index in [0.29, 0.717) is 16.3 Å². The van der Waals surface area contributed by atoms with Gasteiger partial charge in [-0.1, -0.05) is 0 Å². The molecule has 2 aromatic carbocycles. The van der Waals surface area contributed by atoms with Crippen LogP contribution in [0.4, 0.5) is 18.9 Å². The molecule has 0 fully saturated rings. The van der Waals surface area contributed by atoms with Crippen molar-refractivity contribution in [1.82, 2.24) is 5.32 Å². The van der Waals surface area contributed by atoms with E-state index in [1.807, 2.05) is 0 Å². The molecule has 0 heterocycles. The maximum absolute atomic E-state index is 13.5. The van der Waals surface area contributed by atoms with E-state index in [1.165, 1.54) is 19.2 Å². The lowest BCUT2D eigenvalue weighted by atomic mass is 10.2. The van der Waals surface area contributed by atoms with Gasteiger partial charge in [0.1, 0.15) is 5.75 Å². The second kappa shape index (κ2) is 8.02. The number of carbonyl (C=O) groups is 2. The monoisotopic (exact) mass is 416 g/mol. The molecular weight excluding hydrogens is 405 g/mol. The van der Waals surface area contributed by atoms with Gasteiger partial charge in [0.05, 0.1) is 23.8 Å². The van der Waals surface area contributed by atoms with Crippen LogP contribution in [0.2, 0.25) is 0 Å². The quantitative estimate of drug-likeness (QED) is 0.735. The molecule has 2 rings (SSSR count). The molecule has 0 aliphatic carbocycles. The Morgan fingerprint density at radius 1 is 1.12 bits per heavy atom. The van der Waals surface area contributed by atoms with Crippen LogP contribution in [0, 0.1) is 17.5 Å². The van der Waals surface area contributed by atoms with Crippen molar-refractivity contribution >= 4 is 33.4 Å². The number of hydrogen-bond donors (Lipinski definition) is 2. The van der Waals surface area contributed by atoms with Crippen LogP contribution in [0.1, 0.15) is 10.4 Å². The van der Waals surface area contributed by atoms with E-state index >= 15 is 0 Å². The highest BCUT2D eigenvalue weighted by Gasteiger charge is 2.16. The highest BCUT2D eigenvalue weighted by molar-refractivity contribution is 9.10. The zero-order valence-corrected chi connectivity index (χ0v) is 14.4. The first-order chi connectivity index (χ1) is 11.8. The third-order valence-electron chi connectivity index (χ3n) is 3.13. The lowest BCUT2D eigenvalue weighted by Crippen LogP contribution is -2.33. The zero-order chi connectivity index (χ0) is 18.6. The summed E-state index contributed by atoms with van der Waals surface area (Å²) in [6.45, 7) is -0.485. The van der Waals surface area contributed by atoms with Crippen molar-refractivity contribution in [1.29, 1.82) is 0 Å². The molecule has 25 heavy (non-hydrogen) atoms. The van der Waals surface area contributed by atoms with Gasteiger partial charge < -0.3 is 15.4 Å². The normalized spacial score (nSPS) is 10.3. The molecule has 0 saturated heterocycles. The topological polar surface area (TPSA) is 67.4 Å². The average Bonchev–Trinajstić information content (AvgIpc) is 2.60. The Labute approximate surface area is 149 Å². The van der Waals surface area contributed by atoms with E-state index in [0.717, 1.165) is 6.07 Å². The van der Waals surface area contributed by atoms with Gasteiger partial charge in [-0.05, 0) is 46.3 Å². The van der Waals surface area contributed by atoms with Gasteiger partial charge in [-0.25, -0.2) is 13.2 Å². The highest BCUT2D eigenvalue weighted by atomic mass is 79.9. The molecular formula is C16H12BrF3N2O3. The molecule has 0 saturated carbocycles. The van der Waals surface area contributed by atoms with E-state index in [9.17, 15) is 22.8 Å². The van der Waals surface area contributed by atoms with Crippen molar-refractivity contribution < 1.29 is 27.5 Å². The predicted molar refractivity (Wildman–Crippen MR) is 88.0 cm³/mol. The Hall–Kier alpha value is -2.55. The predicted octanol–water partition coefficient (Wildman–Crippen LogP) is 3.24. The summed E-state index contributed by atoms with van der Waals surface area (Å²) < 4.78 is 45.0. The molecule has 0 aliphatic heterocycles. The van der Waals surface area contributed by atoms with Crippen molar-refractivity contribution in [3.8, 4) is 5.75 Å². The molecule has 0 aliphatic rings. The minimum Gasteiger partial charge on any atom is -0.496 e. The van der Waals surface area contributed by atoms with E-state index in [1.54, 1.807) is 6.07 Å². The molecule has 0 aromatic heterocycles. The summed E-state index contributed by atoms with van der Waals surface area (Å²) in [6, 6.07) is 6.12. The summed E-state index contributed by atoms with van der Waals surface area (Å²) in [6.07, 6.45) is 0. The smallest absolute Gasteiger partial charge is 0.251 e. The molecule has 0 bridgehead atoms. The van der Waals surface area contributed by atoms with Crippen LogP contribution in [-0.4, -0.2) is 25.5 Å². The van der Waals surface area contributed by atoms with Gasteiger partial charge in [-0.2, -0.15) is 0 Å². The Morgan fingerprint density at radius 2 is 1.84 bits per heavy atom.